The van der Waals surface area contributed by atoms with Gasteiger partial charge in [-0.1, -0.05) is 67.1 Å². The van der Waals surface area contributed by atoms with E-state index < -0.39 is 17.8 Å². The molecule has 0 aromatic heterocycles. The van der Waals surface area contributed by atoms with Crippen LogP contribution in [0.15, 0.2) is 60.7 Å². The van der Waals surface area contributed by atoms with Crippen molar-refractivity contribution in [2.75, 3.05) is 13.7 Å². The predicted octanol–water partition coefficient (Wildman–Crippen LogP) is 4.19. The predicted molar refractivity (Wildman–Crippen MR) is 114 cm³/mol. The van der Waals surface area contributed by atoms with Crippen molar-refractivity contribution in [3.05, 3.63) is 71.8 Å². The first-order chi connectivity index (χ1) is 15.1. The molecule has 0 aliphatic carbocycles. The number of hydrogen-bond donors (Lipinski definition) is 0. The lowest BCUT2D eigenvalue weighted by molar-refractivity contribution is -0.281. The Labute approximate surface area is 183 Å². The van der Waals surface area contributed by atoms with Crippen LogP contribution in [0.2, 0.25) is 0 Å². The zero-order chi connectivity index (χ0) is 21.4. The minimum atomic E-state index is -1.10. The molecule has 0 amide bonds. The number of fused-ring (bicyclic) bond motifs is 1. The number of piperidine rings is 1. The van der Waals surface area contributed by atoms with Gasteiger partial charge in [-0.3, -0.25) is 9.63 Å². The van der Waals surface area contributed by atoms with Gasteiger partial charge in [0.25, 0.3) is 0 Å². The summed E-state index contributed by atoms with van der Waals surface area (Å²) in [5.74, 6) is -1.83. The van der Waals surface area contributed by atoms with Crippen LogP contribution >= 0.6 is 0 Å². The third-order valence-corrected chi connectivity index (χ3v) is 6.73. The summed E-state index contributed by atoms with van der Waals surface area (Å²) in [6, 6.07) is 20.2. The number of nitrogens with zero attached hydrogens (tertiary/aromatic N) is 1. The van der Waals surface area contributed by atoms with Crippen LogP contribution in [0.3, 0.4) is 0 Å². The van der Waals surface area contributed by atoms with E-state index in [0.717, 1.165) is 36.9 Å². The van der Waals surface area contributed by atoms with Crippen molar-refractivity contribution in [2.24, 2.45) is 5.92 Å². The summed E-state index contributed by atoms with van der Waals surface area (Å²) in [5.41, 5.74) is 2.07. The number of benzene rings is 2. The highest BCUT2D eigenvalue weighted by atomic mass is 16.8. The summed E-state index contributed by atoms with van der Waals surface area (Å²) in [6.45, 7) is 2.69. The highest BCUT2D eigenvalue weighted by Gasteiger charge is 2.61. The molecular weight excluding hydrogens is 394 g/mol. The number of ether oxygens (including phenoxy) is 3. The molecule has 3 saturated heterocycles. The highest BCUT2D eigenvalue weighted by Crippen LogP contribution is 2.52. The Hall–Kier alpha value is -2.25. The van der Waals surface area contributed by atoms with E-state index in [1.807, 2.05) is 72.7 Å². The van der Waals surface area contributed by atoms with Crippen LogP contribution in [0.5, 0.6) is 0 Å². The highest BCUT2D eigenvalue weighted by molar-refractivity contribution is 5.74. The monoisotopic (exact) mass is 423 g/mol. The van der Waals surface area contributed by atoms with Gasteiger partial charge in [-0.25, -0.2) is 0 Å². The Balaban J connectivity index is 1.51. The number of hydroxylamine groups is 2. The topological polar surface area (TPSA) is 57.2 Å². The number of esters is 1. The van der Waals surface area contributed by atoms with Gasteiger partial charge in [0.15, 0.2) is 5.79 Å². The van der Waals surface area contributed by atoms with Crippen molar-refractivity contribution in [3.8, 4) is 0 Å². The normalized spacial score (nSPS) is 32.5. The Morgan fingerprint density at radius 3 is 2.10 bits per heavy atom. The Morgan fingerprint density at radius 1 is 0.968 bits per heavy atom. The van der Waals surface area contributed by atoms with Gasteiger partial charge in [0.1, 0.15) is 24.2 Å². The fraction of sp³-hybridized carbons (Fsp3) is 0.480. The molecular formula is C25H29NO5. The fourth-order valence-electron chi connectivity index (χ4n) is 5.23. The molecule has 2 aromatic carbocycles. The summed E-state index contributed by atoms with van der Waals surface area (Å²) < 4.78 is 18.5. The van der Waals surface area contributed by atoms with Crippen LogP contribution in [-0.2, 0) is 23.8 Å². The van der Waals surface area contributed by atoms with Crippen molar-refractivity contribution in [1.29, 1.82) is 0 Å². The molecule has 0 spiro atoms. The van der Waals surface area contributed by atoms with Gasteiger partial charge in [-0.15, -0.1) is 0 Å². The largest absolute Gasteiger partial charge is 0.469 e. The maximum atomic E-state index is 12.8. The summed E-state index contributed by atoms with van der Waals surface area (Å²) in [6.07, 6.45) is 1.82. The van der Waals surface area contributed by atoms with E-state index >= 15 is 0 Å². The molecule has 0 unspecified atom stereocenters. The second kappa shape index (κ2) is 8.36. The summed E-state index contributed by atoms with van der Waals surface area (Å²) in [4.78, 5) is 19.2. The van der Waals surface area contributed by atoms with E-state index in [1.54, 1.807) is 0 Å². The summed E-state index contributed by atoms with van der Waals surface area (Å²) in [5, 5.41) is 1.95. The average Bonchev–Trinajstić information content (AvgIpc) is 3.39. The third-order valence-electron chi connectivity index (χ3n) is 6.73. The van der Waals surface area contributed by atoms with Crippen LogP contribution in [0.4, 0.5) is 0 Å². The molecule has 3 fully saturated rings. The van der Waals surface area contributed by atoms with E-state index in [0.29, 0.717) is 0 Å². The number of carbonyl (C=O) groups excluding carboxylic acids is 1. The lowest BCUT2D eigenvalue weighted by Gasteiger charge is -2.31. The van der Waals surface area contributed by atoms with Crippen LogP contribution < -0.4 is 0 Å². The van der Waals surface area contributed by atoms with Crippen LogP contribution in [0.25, 0.3) is 0 Å². The van der Waals surface area contributed by atoms with Crippen molar-refractivity contribution in [1.82, 2.24) is 5.06 Å². The van der Waals surface area contributed by atoms with E-state index in [-0.39, 0.29) is 24.2 Å². The van der Waals surface area contributed by atoms with Gasteiger partial charge in [0.2, 0.25) is 0 Å². The van der Waals surface area contributed by atoms with E-state index in [1.165, 1.54) is 7.11 Å². The smallest absolute Gasteiger partial charge is 0.313 e. The van der Waals surface area contributed by atoms with Crippen LogP contribution in [0, 0.1) is 5.92 Å². The maximum absolute atomic E-state index is 12.8. The molecule has 0 saturated carbocycles. The number of hydrogen-bond acceptors (Lipinski definition) is 6. The molecule has 6 heteroatoms. The van der Waals surface area contributed by atoms with Crippen molar-refractivity contribution in [3.63, 3.8) is 0 Å². The lowest BCUT2D eigenvalue weighted by Crippen LogP contribution is -2.48. The number of rotatable bonds is 4. The number of carbonyl (C=O) groups is 1. The molecule has 5 atom stereocenters. The Morgan fingerprint density at radius 2 is 1.55 bits per heavy atom. The van der Waals surface area contributed by atoms with Gasteiger partial charge >= 0.3 is 5.97 Å². The van der Waals surface area contributed by atoms with E-state index in [9.17, 15) is 4.79 Å². The van der Waals surface area contributed by atoms with Gasteiger partial charge < -0.3 is 14.2 Å². The molecule has 0 radical (unpaired) electrons. The SMILES string of the molecule is COC(=O)[C@H]1[C@H]2CCCCN2O[C@@H]1C1(C)O[C@H](c2ccccc2)[C@@H](c2ccccc2)O1. The molecule has 6 nitrogen and oxygen atoms in total. The van der Waals surface area contributed by atoms with Crippen LogP contribution in [-0.4, -0.2) is 42.6 Å². The molecule has 3 aliphatic heterocycles. The average molecular weight is 424 g/mol. The van der Waals surface area contributed by atoms with E-state index in [2.05, 4.69) is 0 Å². The van der Waals surface area contributed by atoms with Gasteiger partial charge in [-0.05, 0) is 30.9 Å². The second-order valence-electron chi connectivity index (χ2n) is 8.69. The molecule has 164 valence electrons. The van der Waals surface area contributed by atoms with Gasteiger partial charge in [0.05, 0.1) is 13.2 Å². The maximum Gasteiger partial charge on any atom is 0.313 e. The van der Waals surface area contributed by atoms with Crippen molar-refractivity contribution >= 4 is 5.97 Å². The van der Waals surface area contributed by atoms with E-state index in [4.69, 9.17) is 19.0 Å². The minimum Gasteiger partial charge on any atom is -0.469 e. The molecule has 2 aromatic rings. The molecule has 3 aliphatic rings. The lowest BCUT2D eigenvalue weighted by atomic mass is 9.86. The molecule has 5 rings (SSSR count). The van der Waals surface area contributed by atoms with Crippen molar-refractivity contribution < 1.29 is 23.8 Å². The standard InChI is InChI=1S/C25H29NO5/c1-25(23-20(24(27)28-2)19-15-9-10-16-26(19)31-23)29-21(17-11-5-3-6-12-17)22(30-25)18-13-7-4-8-14-18/h3-8,11-14,19-23H,9-10,15-16H2,1-2H3/t19-,20+,21-,22-,23+/m1/s1. The quantitative estimate of drug-likeness (QED) is 0.688. The summed E-state index contributed by atoms with van der Waals surface area (Å²) >= 11 is 0. The molecule has 3 heterocycles. The zero-order valence-corrected chi connectivity index (χ0v) is 18.0. The van der Waals surface area contributed by atoms with Crippen molar-refractivity contribution in [2.45, 2.75) is 56.3 Å². The molecule has 31 heavy (non-hydrogen) atoms. The fourth-order valence-corrected chi connectivity index (χ4v) is 5.23. The Kier molecular flexibility index (Phi) is 5.56. The van der Waals surface area contributed by atoms with Gasteiger partial charge in [0, 0.05) is 6.54 Å². The van der Waals surface area contributed by atoms with Crippen LogP contribution in [0.1, 0.15) is 49.5 Å². The Bertz CT molecular complexity index is 857. The van der Waals surface area contributed by atoms with Gasteiger partial charge in [-0.2, -0.15) is 5.06 Å². The zero-order valence-electron chi connectivity index (χ0n) is 18.0. The molecule has 0 bridgehead atoms. The third kappa shape index (κ3) is 3.68. The number of methoxy groups -OCH3 is 1. The summed E-state index contributed by atoms with van der Waals surface area (Å²) in [7, 11) is 1.43. The first kappa shape index (κ1) is 20.6. The minimum absolute atomic E-state index is 0.0128. The molecule has 0 N–H and O–H groups in total. The first-order valence-corrected chi connectivity index (χ1v) is 11.1. The second-order valence-corrected chi connectivity index (χ2v) is 8.69. The first-order valence-electron chi connectivity index (χ1n) is 11.1.